The van der Waals surface area contributed by atoms with Gasteiger partial charge in [0.05, 0.1) is 0 Å². The van der Waals surface area contributed by atoms with Crippen molar-refractivity contribution in [1.82, 2.24) is 10.9 Å². The third kappa shape index (κ3) is 4.63. The number of amides is 2. The molecule has 2 aromatic rings. The minimum absolute atomic E-state index is 0.145. The Morgan fingerprint density at radius 2 is 1.59 bits per heavy atom. The summed E-state index contributed by atoms with van der Waals surface area (Å²) < 4.78 is 5.00. The van der Waals surface area contributed by atoms with E-state index in [1.54, 1.807) is 12.1 Å². The van der Waals surface area contributed by atoms with Crippen molar-refractivity contribution in [3.8, 4) is 0 Å². The summed E-state index contributed by atoms with van der Waals surface area (Å²) in [4.78, 5) is 23.5. The Morgan fingerprint density at radius 1 is 0.955 bits per heavy atom. The van der Waals surface area contributed by atoms with Crippen LogP contribution in [0.1, 0.15) is 27.0 Å². The van der Waals surface area contributed by atoms with Gasteiger partial charge in [-0.3, -0.25) is 10.2 Å². The highest BCUT2D eigenvalue weighted by molar-refractivity contribution is 5.95. The van der Waals surface area contributed by atoms with E-state index < -0.39 is 6.09 Å². The summed E-state index contributed by atoms with van der Waals surface area (Å²) in [6.07, 6.45) is -0.707. The van der Waals surface area contributed by atoms with Crippen LogP contribution < -0.4 is 10.9 Å². The van der Waals surface area contributed by atoms with Crippen LogP contribution in [0.25, 0.3) is 0 Å². The third-order valence-electron chi connectivity index (χ3n) is 2.97. The van der Waals surface area contributed by atoms with Crippen molar-refractivity contribution in [3.05, 3.63) is 70.8 Å². The fourth-order valence-electron chi connectivity index (χ4n) is 2.04. The maximum atomic E-state index is 11.9. The number of aryl methyl sites for hydroxylation is 2. The third-order valence-corrected chi connectivity index (χ3v) is 2.97. The topological polar surface area (TPSA) is 67.4 Å². The predicted octanol–water partition coefficient (Wildman–Crippen LogP) is 2.87. The maximum absolute atomic E-state index is 11.9. The van der Waals surface area contributed by atoms with Crippen LogP contribution in [0.5, 0.6) is 0 Å². The highest BCUT2D eigenvalue weighted by Gasteiger charge is 2.09. The quantitative estimate of drug-likeness (QED) is 0.856. The first-order valence-electron chi connectivity index (χ1n) is 6.90. The normalized spacial score (nSPS) is 9.91. The van der Waals surface area contributed by atoms with Gasteiger partial charge in [-0.1, -0.05) is 47.5 Å². The minimum atomic E-state index is -0.707. The number of rotatable bonds is 3. The monoisotopic (exact) mass is 298 g/mol. The summed E-state index contributed by atoms with van der Waals surface area (Å²) in [5, 5.41) is 0. The molecule has 114 valence electrons. The van der Waals surface area contributed by atoms with Crippen molar-refractivity contribution in [2.45, 2.75) is 20.5 Å². The number of ether oxygens (including phenoxy) is 1. The van der Waals surface area contributed by atoms with Crippen LogP contribution in [0.3, 0.4) is 0 Å². The van der Waals surface area contributed by atoms with Crippen LogP contribution >= 0.6 is 0 Å². The van der Waals surface area contributed by atoms with Crippen molar-refractivity contribution in [3.63, 3.8) is 0 Å². The van der Waals surface area contributed by atoms with E-state index >= 15 is 0 Å². The van der Waals surface area contributed by atoms with Gasteiger partial charge in [0.25, 0.3) is 5.91 Å². The summed E-state index contributed by atoms with van der Waals surface area (Å²) in [7, 11) is 0. The molecule has 0 heterocycles. The van der Waals surface area contributed by atoms with Crippen molar-refractivity contribution >= 4 is 12.0 Å². The van der Waals surface area contributed by atoms with E-state index in [1.807, 2.05) is 50.2 Å². The summed E-state index contributed by atoms with van der Waals surface area (Å²) in [5.74, 6) is -0.386. The minimum Gasteiger partial charge on any atom is -0.443 e. The van der Waals surface area contributed by atoms with Gasteiger partial charge >= 0.3 is 6.09 Å². The van der Waals surface area contributed by atoms with Gasteiger partial charge in [0.2, 0.25) is 0 Å². The van der Waals surface area contributed by atoms with E-state index in [9.17, 15) is 9.59 Å². The van der Waals surface area contributed by atoms with Crippen molar-refractivity contribution in [2.24, 2.45) is 0 Å². The summed E-state index contributed by atoms with van der Waals surface area (Å²) in [6, 6.07) is 14.8. The van der Waals surface area contributed by atoms with Crippen LogP contribution in [0.2, 0.25) is 0 Å². The molecule has 2 aromatic carbocycles. The molecule has 0 radical (unpaired) electrons. The Morgan fingerprint density at radius 3 is 2.23 bits per heavy atom. The Labute approximate surface area is 129 Å². The number of carbonyl (C=O) groups is 2. The van der Waals surface area contributed by atoms with E-state index in [2.05, 4.69) is 10.9 Å². The maximum Gasteiger partial charge on any atom is 0.426 e. The molecule has 0 unspecified atom stereocenters. The lowest BCUT2D eigenvalue weighted by Gasteiger charge is -2.09. The Bertz CT molecular complexity index is 649. The first kappa shape index (κ1) is 15.6. The average Bonchev–Trinajstić information content (AvgIpc) is 2.50. The molecule has 0 aliphatic heterocycles. The van der Waals surface area contributed by atoms with Crippen LogP contribution in [-0.2, 0) is 11.3 Å². The molecule has 0 aromatic heterocycles. The summed E-state index contributed by atoms with van der Waals surface area (Å²) in [5.41, 5.74) is 7.88. The summed E-state index contributed by atoms with van der Waals surface area (Å²) in [6.45, 7) is 3.96. The number of hydrogen-bond acceptors (Lipinski definition) is 3. The zero-order chi connectivity index (χ0) is 15.9. The molecule has 0 saturated heterocycles. The number of hydrogen-bond donors (Lipinski definition) is 2. The van der Waals surface area contributed by atoms with Crippen LogP contribution in [0, 0.1) is 13.8 Å². The van der Waals surface area contributed by atoms with E-state index in [-0.39, 0.29) is 12.5 Å². The molecule has 0 saturated carbocycles. The predicted molar refractivity (Wildman–Crippen MR) is 83.1 cm³/mol. The molecule has 22 heavy (non-hydrogen) atoms. The number of carbonyl (C=O) groups excluding carboxylic acids is 2. The van der Waals surface area contributed by atoms with E-state index in [1.165, 1.54) is 0 Å². The zero-order valence-corrected chi connectivity index (χ0v) is 12.6. The molecule has 5 heteroatoms. The fourth-order valence-corrected chi connectivity index (χ4v) is 2.04. The lowest BCUT2D eigenvalue weighted by Crippen LogP contribution is -2.41. The van der Waals surface area contributed by atoms with Crippen LogP contribution in [-0.4, -0.2) is 12.0 Å². The van der Waals surface area contributed by atoms with E-state index in [4.69, 9.17) is 4.74 Å². The van der Waals surface area contributed by atoms with Crippen LogP contribution in [0.4, 0.5) is 4.79 Å². The second-order valence-corrected chi connectivity index (χ2v) is 5.02. The largest absolute Gasteiger partial charge is 0.443 e. The van der Waals surface area contributed by atoms with Crippen molar-refractivity contribution in [1.29, 1.82) is 0 Å². The summed E-state index contributed by atoms with van der Waals surface area (Å²) >= 11 is 0. The van der Waals surface area contributed by atoms with Gasteiger partial charge in [0.15, 0.2) is 0 Å². The van der Waals surface area contributed by atoms with Gasteiger partial charge in [-0.15, -0.1) is 0 Å². The van der Waals surface area contributed by atoms with E-state index in [0.717, 1.165) is 16.7 Å². The molecule has 2 rings (SSSR count). The molecule has 0 fully saturated rings. The van der Waals surface area contributed by atoms with E-state index in [0.29, 0.717) is 5.56 Å². The Kier molecular flexibility index (Phi) is 5.14. The number of hydrazine groups is 1. The first-order chi connectivity index (χ1) is 10.5. The second kappa shape index (κ2) is 7.26. The Hall–Kier alpha value is -2.82. The van der Waals surface area contributed by atoms with Crippen molar-refractivity contribution < 1.29 is 14.3 Å². The molecular formula is C17H18N2O3. The molecule has 5 nitrogen and oxygen atoms in total. The van der Waals surface area contributed by atoms with Gasteiger partial charge in [-0.2, -0.15) is 0 Å². The molecule has 0 aliphatic rings. The van der Waals surface area contributed by atoms with Gasteiger partial charge in [0.1, 0.15) is 6.61 Å². The second-order valence-electron chi connectivity index (χ2n) is 5.02. The smallest absolute Gasteiger partial charge is 0.426 e. The molecule has 2 N–H and O–H groups in total. The lowest BCUT2D eigenvalue weighted by atomic mass is 10.1. The molecule has 0 bridgehead atoms. The molecule has 0 aliphatic carbocycles. The highest BCUT2D eigenvalue weighted by atomic mass is 16.6. The molecule has 0 spiro atoms. The molecule has 0 atom stereocenters. The van der Waals surface area contributed by atoms with Gasteiger partial charge in [-0.25, -0.2) is 10.2 Å². The number of benzene rings is 2. The highest BCUT2D eigenvalue weighted by Crippen LogP contribution is 2.08. The number of nitrogens with one attached hydrogen (secondary N) is 2. The van der Waals surface area contributed by atoms with Gasteiger partial charge in [0, 0.05) is 5.56 Å². The first-order valence-corrected chi connectivity index (χ1v) is 6.90. The van der Waals surface area contributed by atoms with Gasteiger partial charge in [-0.05, 0) is 31.5 Å². The molecular weight excluding hydrogens is 280 g/mol. The fraction of sp³-hybridized carbons (Fsp3) is 0.176. The average molecular weight is 298 g/mol. The van der Waals surface area contributed by atoms with Crippen molar-refractivity contribution in [2.75, 3.05) is 0 Å². The zero-order valence-electron chi connectivity index (χ0n) is 12.6. The lowest BCUT2D eigenvalue weighted by molar-refractivity contribution is 0.0905. The van der Waals surface area contributed by atoms with Gasteiger partial charge < -0.3 is 4.74 Å². The standard InChI is InChI=1S/C17H18N2O3/c1-12-8-13(2)10-15(9-12)16(20)18-19-17(21)22-11-14-6-4-3-5-7-14/h3-10H,11H2,1-2H3,(H,18,20)(H,19,21). The molecule has 2 amide bonds. The SMILES string of the molecule is Cc1cc(C)cc(C(=O)NNC(=O)OCc2ccccc2)c1. The Balaban J connectivity index is 1.81. The van der Waals surface area contributed by atoms with Crippen LogP contribution in [0.15, 0.2) is 48.5 Å².